The van der Waals surface area contributed by atoms with Gasteiger partial charge in [-0.05, 0) is 0 Å². The number of halogens is 2. The summed E-state index contributed by atoms with van der Waals surface area (Å²) < 4.78 is 0. The van der Waals surface area contributed by atoms with Crippen molar-refractivity contribution >= 4 is 29.2 Å². The van der Waals surface area contributed by atoms with Crippen LogP contribution in [0, 0.1) is 0 Å². The van der Waals surface area contributed by atoms with E-state index in [1.807, 2.05) is 0 Å². The van der Waals surface area contributed by atoms with Crippen LogP contribution in [0.2, 0.25) is 0 Å². The van der Waals surface area contributed by atoms with Gasteiger partial charge in [0.05, 0.1) is 6.54 Å². The highest BCUT2D eigenvalue weighted by atomic mass is 35.5. The Labute approximate surface area is 80.5 Å². The molecule has 0 bridgehead atoms. The van der Waals surface area contributed by atoms with E-state index in [0.29, 0.717) is 12.4 Å². The predicted octanol–water partition coefficient (Wildman–Crippen LogP) is 0.369. The zero-order chi connectivity index (χ0) is 9.40. The van der Waals surface area contributed by atoms with Gasteiger partial charge in [0.15, 0.2) is 0 Å². The van der Waals surface area contributed by atoms with Crippen LogP contribution in [0.3, 0.4) is 0 Å². The smallest absolute Gasteiger partial charge is 0.333 e. The summed E-state index contributed by atoms with van der Waals surface area (Å²) in [6.45, 7) is 0.563. The summed E-state index contributed by atoms with van der Waals surface area (Å²) in [7, 11) is 0. The van der Waals surface area contributed by atoms with Gasteiger partial charge in [-0.25, -0.2) is 9.80 Å². The van der Waals surface area contributed by atoms with Crippen molar-refractivity contribution in [1.82, 2.24) is 15.9 Å². The number of rotatable bonds is 5. The maximum atomic E-state index is 11.0. The molecular weight excluding hydrogens is 205 g/mol. The first kappa shape index (κ1) is 11.8. The minimum Gasteiger partial charge on any atom is -0.336 e. The molecule has 0 rings (SSSR count). The summed E-state index contributed by atoms with van der Waals surface area (Å²) in [5.74, 6) is 0.563. The number of carbonyl (C=O) groups excluding carboxylic acids is 1. The minimum absolute atomic E-state index is 0.214. The molecule has 0 aliphatic rings. The molecule has 72 valence electrons. The van der Waals surface area contributed by atoms with Crippen molar-refractivity contribution in [2.45, 2.75) is 0 Å². The average Bonchev–Trinajstić information content (AvgIpc) is 2.10. The molecule has 0 fully saturated rings. The van der Waals surface area contributed by atoms with E-state index in [0.717, 1.165) is 5.01 Å². The lowest BCUT2D eigenvalue weighted by atomic mass is 10.6. The second kappa shape index (κ2) is 7.42. The Morgan fingerprint density at radius 3 is 2.50 bits per heavy atom. The molecule has 0 saturated heterocycles. The number of urea groups is 1. The van der Waals surface area contributed by atoms with Crippen molar-refractivity contribution in [2.75, 3.05) is 24.8 Å². The molecule has 0 unspecified atom stereocenters. The van der Waals surface area contributed by atoms with Crippen molar-refractivity contribution in [2.24, 2.45) is 0 Å². The lowest BCUT2D eigenvalue weighted by molar-refractivity contribution is 0.0134. The quantitative estimate of drug-likeness (QED) is 0.459. The molecule has 0 aromatic rings. The minimum atomic E-state index is -0.459. The normalized spacial score (nSPS) is 9.58. The van der Waals surface area contributed by atoms with Crippen LogP contribution in [0.25, 0.3) is 0 Å². The van der Waals surface area contributed by atoms with Crippen molar-refractivity contribution in [3.8, 4) is 0 Å². The van der Waals surface area contributed by atoms with E-state index in [9.17, 15) is 4.79 Å². The van der Waals surface area contributed by atoms with Gasteiger partial charge in [0.2, 0.25) is 0 Å². The summed E-state index contributed by atoms with van der Waals surface area (Å²) in [4.78, 5) is 11.0. The van der Waals surface area contributed by atoms with E-state index < -0.39 is 6.03 Å². The summed E-state index contributed by atoms with van der Waals surface area (Å²) in [5, 5.41) is 11.8. The summed E-state index contributed by atoms with van der Waals surface area (Å²) in [5.41, 5.74) is 1.71. The van der Waals surface area contributed by atoms with Gasteiger partial charge in [-0.15, -0.1) is 28.8 Å². The third-order valence-corrected chi connectivity index (χ3v) is 1.40. The molecular formula is C5H11Cl2N3O2. The first-order valence-corrected chi connectivity index (χ1v) is 4.40. The molecule has 3 N–H and O–H groups in total. The lowest BCUT2D eigenvalue weighted by Gasteiger charge is -2.18. The maximum absolute atomic E-state index is 11.0. The Kier molecular flexibility index (Phi) is 7.28. The molecule has 0 radical (unpaired) electrons. The zero-order valence-corrected chi connectivity index (χ0v) is 7.90. The van der Waals surface area contributed by atoms with E-state index in [-0.39, 0.29) is 12.4 Å². The van der Waals surface area contributed by atoms with Gasteiger partial charge in [0, 0.05) is 18.3 Å². The Bertz CT molecular complexity index is 136. The summed E-state index contributed by atoms with van der Waals surface area (Å²) in [6.07, 6.45) is 0. The van der Waals surface area contributed by atoms with E-state index in [1.165, 1.54) is 0 Å². The van der Waals surface area contributed by atoms with Crippen LogP contribution >= 0.6 is 23.2 Å². The Morgan fingerprint density at radius 1 is 1.42 bits per heavy atom. The number of hydrogen-bond donors (Lipinski definition) is 3. The van der Waals surface area contributed by atoms with E-state index in [1.54, 1.807) is 5.59 Å². The highest BCUT2D eigenvalue weighted by molar-refractivity contribution is 6.18. The van der Waals surface area contributed by atoms with Gasteiger partial charge in [-0.1, -0.05) is 0 Å². The fourth-order valence-electron chi connectivity index (χ4n) is 0.531. The van der Waals surface area contributed by atoms with Crippen LogP contribution in [0.5, 0.6) is 0 Å². The van der Waals surface area contributed by atoms with E-state index >= 15 is 0 Å². The molecule has 12 heavy (non-hydrogen) atoms. The Hall–Kier alpha value is -0.230. The molecule has 0 spiro atoms. The van der Waals surface area contributed by atoms with E-state index in [4.69, 9.17) is 28.4 Å². The van der Waals surface area contributed by atoms with Crippen LogP contribution in [0.15, 0.2) is 0 Å². The molecule has 0 aromatic heterocycles. The van der Waals surface area contributed by atoms with Gasteiger partial charge < -0.3 is 5.32 Å². The van der Waals surface area contributed by atoms with Crippen molar-refractivity contribution < 1.29 is 10.0 Å². The standard InChI is InChI=1S/C5H11Cl2N3O2/c6-1-3-8-5(11)10(9-12)4-2-7/h9,12H,1-4H2,(H,8,11). The highest BCUT2D eigenvalue weighted by Gasteiger charge is 2.09. The number of hydrazine groups is 1. The number of nitrogens with zero attached hydrogens (tertiary/aromatic N) is 1. The molecule has 0 atom stereocenters. The zero-order valence-electron chi connectivity index (χ0n) is 6.39. The number of alkyl halides is 2. The van der Waals surface area contributed by atoms with Crippen LogP contribution < -0.4 is 10.9 Å². The SMILES string of the molecule is O=C(NCCCl)N(CCCl)NO. The highest BCUT2D eigenvalue weighted by Crippen LogP contribution is 1.85. The molecule has 2 amide bonds. The average molecular weight is 216 g/mol. The second-order valence-corrected chi connectivity index (χ2v) is 2.62. The first-order valence-electron chi connectivity index (χ1n) is 3.33. The number of hydrogen-bond acceptors (Lipinski definition) is 3. The third kappa shape index (κ3) is 4.61. The molecule has 0 saturated carbocycles. The van der Waals surface area contributed by atoms with Crippen LogP contribution in [0.4, 0.5) is 4.79 Å². The number of amides is 2. The molecule has 5 nitrogen and oxygen atoms in total. The largest absolute Gasteiger partial charge is 0.336 e. The van der Waals surface area contributed by atoms with Gasteiger partial charge in [-0.3, -0.25) is 5.21 Å². The Morgan fingerprint density at radius 2 is 2.08 bits per heavy atom. The molecule has 7 heteroatoms. The fourth-order valence-corrected chi connectivity index (χ4v) is 0.795. The fraction of sp³-hybridized carbons (Fsp3) is 0.800. The lowest BCUT2D eigenvalue weighted by Crippen LogP contribution is -2.48. The Balaban J connectivity index is 3.69. The molecule has 0 aromatic carbocycles. The third-order valence-electron chi connectivity index (χ3n) is 1.04. The molecule has 0 heterocycles. The van der Waals surface area contributed by atoms with Gasteiger partial charge in [-0.2, -0.15) is 0 Å². The van der Waals surface area contributed by atoms with Crippen molar-refractivity contribution in [3.05, 3.63) is 0 Å². The van der Waals surface area contributed by atoms with Crippen molar-refractivity contribution in [3.63, 3.8) is 0 Å². The van der Waals surface area contributed by atoms with Crippen LogP contribution in [-0.4, -0.2) is 41.1 Å². The van der Waals surface area contributed by atoms with E-state index in [2.05, 4.69) is 5.32 Å². The van der Waals surface area contributed by atoms with Gasteiger partial charge in [0.25, 0.3) is 0 Å². The number of carbonyl (C=O) groups is 1. The van der Waals surface area contributed by atoms with Gasteiger partial charge in [0.1, 0.15) is 0 Å². The summed E-state index contributed by atoms with van der Waals surface area (Å²) >= 11 is 10.7. The summed E-state index contributed by atoms with van der Waals surface area (Å²) in [6, 6.07) is -0.459. The second-order valence-electron chi connectivity index (χ2n) is 1.86. The monoisotopic (exact) mass is 215 g/mol. The van der Waals surface area contributed by atoms with Crippen molar-refractivity contribution in [1.29, 1.82) is 0 Å². The van der Waals surface area contributed by atoms with Crippen LogP contribution in [0.1, 0.15) is 0 Å². The molecule has 0 aliphatic heterocycles. The first-order chi connectivity index (χ1) is 5.76. The van der Waals surface area contributed by atoms with Crippen LogP contribution in [-0.2, 0) is 0 Å². The maximum Gasteiger partial charge on any atom is 0.333 e. The predicted molar refractivity (Wildman–Crippen MR) is 46.5 cm³/mol. The number of nitrogens with one attached hydrogen (secondary N) is 2. The topological polar surface area (TPSA) is 64.6 Å². The van der Waals surface area contributed by atoms with Gasteiger partial charge >= 0.3 is 6.03 Å². The molecule has 0 aliphatic carbocycles.